The molecule has 1 amide bonds. The highest BCUT2D eigenvalue weighted by Crippen LogP contribution is 2.21. The molecule has 0 spiro atoms. The van der Waals surface area contributed by atoms with Gasteiger partial charge in [0.1, 0.15) is 12.4 Å². The molecule has 0 aromatic heterocycles. The van der Waals surface area contributed by atoms with Crippen LogP contribution in [0.4, 0.5) is 10.1 Å². The normalized spacial score (nSPS) is 16.4. The van der Waals surface area contributed by atoms with E-state index in [9.17, 15) is 17.6 Å². The fourth-order valence-electron chi connectivity index (χ4n) is 2.57. The van der Waals surface area contributed by atoms with E-state index in [1.54, 1.807) is 11.0 Å². The topological polar surface area (TPSA) is 60.9 Å². The Balaban J connectivity index is 2.13. The average molecular weight is 343 g/mol. The number of carbonyl (C=O) groups is 1. The molecule has 8 heteroatoms. The van der Waals surface area contributed by atoms with Crippen LogP contribution < -0.4 is 4.31 Å². The molecule has 1 fully saturated rings. The number of para-hydroxylation sites is 1. The van der Waals surface area contributed by atoms with Gasteiger partial charge in [0.2, 0.25) is 15.9 Å². The lowest BCUT2D eigenvalue weighted by atomic mass is 10.3. The third-order valence-electron chi connectivity index (χ3n) is 3.97. The maximum Gasteiger partial charge on any atom is 0.243 e. The molecular weight excluding hydrogens is 321 g/mol. The zero-order chi connectivity index (χ0) is 17.0. The molecule has 6 nitrogen and oxygen atoms in total. The smallest absolute Gasteiger partial charge is 0.243 e. The van der Waals surface area contributed by atoms with E-state index < -0.39 is 15.8 Å². The summed E-state index contributed by atoms with van der Waals surface area (Å²) in [5.74, 6) is -0.976. The second kappa shape index (κ2) is 7.27. The van der Waals surface area contributed by atoms with Gasteiger partial charge in [0.05, 0.1) is 11.9 Å². The predicted molar refractivity (Wildman–Crippen MR) is 87.3 cm³/mol. The number of anilines is 1. The van der Waals surface area contributed by atoms with Crippen molar-refractivity contribution in [1.82, 2.24) is 9.80 Å². The number of likely N-dealkylation sites (N-methyl/N-ethyl adjacent to an activating group) is 1. The van der Waals surface area contributed by atoms with Crippen molar-refractivity contribution in [1.29, 1.82) is 0 Å². The molecule has 1 heterocycles. The SMILES string of the molecule is CCN1CCN(C(=O)CN(c2ccccc2F)S(C)(=O)=O)CC1. The van der Waals surface area contributed by atoms with E-state index >= 15 is 0 Å². The third-order valence-corrected chi connectivity index (χ3v) is 5.10. The largest absolute Gasteiger partial charge is 0.339 e. The van der Waals surface area contributed by atoms with Crippen LogP contribution in [0, 0.1) is 5.82 Å². The average Bonchev–Trinajstić information content (AvgIpc) is 2.52. The molecule has 1 aliphatic heterocycles. The van der Waals surface area contributed by atoms with E-state index in [1.807, 2.05) is 0 Å². The van der Waals surface area contributed by atoms with E-state index in [4.69, 9.17) is 0 Å². The van der Waals surface area contributed by atoms with Gasteiger partial charge in [-0.25, -0.2) is 12.8 Å². The van der Waals surface area contributed by atoms with Gasteiger partial charge >= 0.3 is 0 Å². The first kappa shape index (κ1) is 17.7. The first-order chi connectivity index (χ1) is 10.8. The first-order valence-corrected chi connectivity index (χ1v) is 9.40. The van der Waals surface area contributed by atoms with Gasteiger partial charge in [-0.2, -0.15) is 0 Å². The van der Waals surface area contributed by atoms with E-state index in [2.05, 4.69) is 11.8 Å². The molecule has 0 radical (unpaired) electrons. The van der Waals surface area contributed by atoms with Crippen LogP contribution in [0.15, 0.2) is 24.3 Å². The summed E-state index contributed by atoms with van der Waals surface area (Å²) in [5, 5.41) is 0. The van der Waals surface area contributed by atoms with Gasteiger partial charge in [0.25, 0.3) is 0 Å². The van der Waals surface area contributed by atoms with Crippen LogP contribution in [0.5, 0.6) is 0 Å². The summed E-state index contributed by atoms with van der Waals surface area (Å²) in [7, 11) is -3.75. The Hall–Kier alpha value is -1.67. The van der Waals surface area contributed by atoms with Crippen molar-refractivity contribution in [2.45, 2.75) is 6.92 Å². The van der Waals surface area contributed by atoms with Crippen LogP contribution in [-0.2, 0) is 14.8 Å². The Morgan fingerprint density at radius 1 is 1.22 bits per heavy atom. The quantitative estimate of drug-likeness (QED) is 0.792. The monoisotopic (exact) mass is 343 g/mol. The lowest BCUT2D eigenvalue weighted by Crippen LogP contribution is -2.51. The summed E-state index contributed by atoms with van der Waals surface area (Å²) in [6, 6.07) is 5.56. The zero-order valence-corrected chi connectivity index (χ0v) is 14.2. The number of amides is 1. The number of carbonyl (C=O) groups excluding carboxylic acids is 1. The number of nitrogens with zero attached hydrogens (tertiary/aromatic N) is 3. The van der Waals surface area contributed by atoms with Crippen LogP contribution in [0.25, 0.3) is 0 Å². The van der Waals surface area contributed by atoms with Gasteiger partial charge in [-0.15, -0.1) is 0 Å². The molecule has 0 bridgehead atoms. The molecule has 23 heavy (non-hydrogen) atoms. The minimum Gasteiger partial charge on any atom is -0.339 e. The summed E-state index contributed by atoms with van der Waals surface area (Å²) in [6.07, 6.45) is 0.974. The number of benzene rings is 1. The van der Waals surface area contributed by atoms with Crippen molar-refractivity contribution in [3.8, 4) is 0 Å². The molecular formula is C15H22FN3O3S. The van der Waals surface area contributed by atoms with Crippen molar-refractivity contribution in [3.05, 3.63) is 30.1 Å². The molecule has 128 valence electrons. The fourth-order valence-corrected chi connectivity index (χ4v) is 3.42. The van der Waals surface area contributed by atoms with Gasteiger partial charge in [-0.1, -0.05) is 19.1 Å². The molecule has 0 atom stereocenters. The molecule has 1 aromatic carbocycles. The van der Waals surface area contributed by atoms with Gasteiger partial charge in [0, 0.05) is 26.2 Å². The summed E-state index contributed by atoms with van der Waals surface area (Å²) >= 11 is 0. The lowest BCUT2D eigenvalue weighted by molar-refractivity contribution is -0.131. The van der Waals surface area contributed by atoms with Crippen LogP contribution in [0.3, 0.4) is 0 Å². The molecule has 0 unspecified atom stereocenters. The minimum absolute atomic E-state index is 0.101. The van der Waals surface area contributed by atoms with Gasteiger partial charge in [-0.05, 0) is 18.7 Å². The van der Waals surface area contributed by atoms with Crippen molar-refractivity contribution < 1.29 is 17.6 Å². The van der Waals surface area contributed by atoms with Gasteiger partial charge in [-0.3, -0.25) is 9.10 Å². The summed E-state index contributed by atoms with van der Waals surface area (Å²) < 4.78 is 38.7. The van der Waals surface area contributed by atoms with E-state index in [0.717, 1.165) is 30.2 Å². The lowest BCUT2D eigenvalue weighted by Gasteiger charge is -2.35. The zero-order valence-electron chi connectivity index (χ0n) is 13.4. The van der Waals surface area contributed by atoms with Crippen LogP contribution in [0.2, 0.25) is 0 Å². The van der Waals surface area contributed by atoms with Crippen molar-refractivity contribution in [3.63, 3.8) is 0 Å². The highest BCUT2D eigenvalue weighted by atomic mass is 32.2. The standard InChI is InChI=1S/C15H22FN3O3S/c1-3-17-8-10-18(11-9-17)15(20)12-19(23(2,21)22)14-7-5-4-6-13(14)16/h4-7H,3,8-12H2,1-2H3. The molecule has 1 aromatic rings. The molecule has 2 rings (SSSR count). The number of sulfonamides is 1. The number of piperazine rings is 1. The Labute approximate surface area is 136 Å². The second-order valence-corrected chi connectivity index (χ2v) is 7.44. The number of hydrogen-bond donors (Lipinski definition) is 0. The second-order valence-electron chi connectivity index (χ2n) is 5.54. The Kier molecular flexibility index (Phi) is 5.59. The highest BCUT2D eigenvalue weighted by Gasteiger charge is 2.27. The Morgan fingerprint density at radius 3 is 2.35 bits per heavy atom. The van der Waals surface area contributed by atoms with Crippen molar-refractivity contribution in [2.24, 2.45) is 0 Å². The van der Waals surface area contributed by atoms with Crippen LogP contribution >= 0.6 is 0 Å². The Morgan fingerprint density at radius 2 is 1.83 bits per heavy atom. The number of rotatable bonds is 5. The molecule has 0 saturated carbocycles. The van der Waals surface area contributed by atoms with Crippen molar-refractivity contribution >= 4 is 21.6 Å². The van der Waals surface area contributed by atoms with Crippen LogP contribution in [0.1, 0.15) is 6.92 Å². The fraction of sp³-hybridized carbons (Fsp3) is 0.533. The van der Waals surface area contributed by atoms with Gasteiger partial charge < -0.3 is 9.80 Å². The summed E-state index contributed by atoms with van der Waals surface area (Å²) in [4.78, 5) is 16.3. The number of hydrogen-bond acceptors (Lipinski definition) is 4. The molecule has 1 saturated heterocycles. The van der Waals surface area contributed by atoms with E-state index in [1.165, 1.54) is 18.2 Å². The maximum absolute atomic E-state index is 13.9. The number of halogens is 1. The Bertz CT molecular complexity index is 658. The molecule has 0 N–H and O–H groups in total. The highest BCUT2D eigenvalue weighted by molar-refractivity contribution is 7.92. The van der Waals surface area contributed by atoms with Crippen LogP contribution in [-0.4, -0.2) is 69.6 Å². The molecule has 0 aliphatic carbocycles. The summed E-state index contributed by atoms with van der Waals surface area (Å²) in [6.45, 7) is 5.24. The molecule has 1 aliphatic rings. The van der Waals surface area contributed by atoms with Crippen molar-refractivity contribution in [2.75, 3.05) is 49.8 Å². The van der Waals surface area contributed by atoms with E-state index in [-0.39, 0.29) is 18.1 Å². The summed E-state index contributed by atoms with van der Waals surface area (Å²) in [5.41, 5.74) is -0.101. The maximum atomic E-state index is 13.9. The van der Waals surface area contributed by atoms with E-state index in [0.29, 0.717) is 13.1 Å². The van der Waals surface area contributed by atoms with Gasteiger partial charge in [0.15, 0.2) is 0 Å². The predicted octanol–water partition coefficient (Wildman–Crippen LogP) is 0.756. The third kappa shape index (κ3) is 4.42. The first-order valence-electron chi connectivity index (χ1n) is 7.55. The minimum atomic E-state index is -3.75.